The fraction of sp³-hybridized carbons (Fsp3) is 1.00. The minimum Gasteiger partial charge on any atom is -0.395 e. The Balaban J connectivity index is 2.89. The zero-order valence-corrected chi connectivity index (χ0v) is 8.80. The molecule has 0 heterocycles. The second-order valence-corrected chi connectivity index (χ2v) is 4.39. The standard InChI is InChI=1S/C8H17IO/c1-2-3-4-5-6-8(9)7-10/h8,10H,2-7H2,1H3. The Kier molecular flexibility index (Phi) is 8.33. The predicted octanol–water partition coefficient (Wildman–Crippen LogP) is 2.75. The van der Waals surface area contributed by atoms with Crippen LogP contribution in [0.2, 0.25) is 0 Å². The lowest BCUT2D eigenvalue weighted by Gasteiger charge is -2.03. The summed E-state index contributed by atoms with van der Waals surface area (Å²) in [4.78, 5) is 0. The third kappa shape index (κ3) is 6.81. The Morgan fingerprint density at radius 1 is 1.30 bits per heavy atom. The Labute approximate surface area is 77.3 Å². The van der Waals surface area contributed by atoms with E-state index < -0.39 is 0 Å². The molecule has 0 bridgehead atoms. The molecular formula is C8H17IO. The summed E-state index contributed by atoms with van der Waals surface area (Å²) < 4.78 is 0.481. The van der Waals surface area contributed by atoms with Gasteiger partial charge in [0.05, 0.1) is 6.61 Å². The topological polar surface area (TPSA) is 20.2 Å². The quantitative estimate of drug-likeness (QED) is 0.440. The van der Waals surface area contributed by atoms with E-state index in [-0.39, 0.29) is 0 Å². The van der Waals surface area contributed by atoms with Gasteiger partial charge in [-0.1, -0.05) is 55.2 Å². The summed E-state index contributed by atoms with van der Waals surface area (Å²) in [5.41, 5.74) is 0. The first kappa shape index (κ1) is 10.7. The van der Waals surface area contributed by atoms with Crippen molar-refractivity contribution < 1.29 is 5.11 Å². The minimum atomic E-state index is 0.340. The fourth-order valence-electron chi connectivity index (χ4n) is 0.884. The summed E-state index contributed by atoms with van der Waals surface area (Å²) in [6.07, 6.45) is 6.43. The van der Waals surface area contributed by atoms with E-state index in [4.69, 9.17) is 5.11 Å². The van der Waals surface area contributed by atoms with Crippen molar-refractivity contribution in [3.63, 3.8) is 0 Å². The molecule has 10 heavy (non-hydrogen) atoms. The van der Waals surface area contributed by atoms with Crippen molar-refractivity contribution in [3.05, 3.63) is 0 Å². The van der Waals surface area contributed by atoms with Crippen molar-refractivity contribution in [2.24, 2.45) is 0 Å². The van der Waals surface area contributed by atoms with Gasteiger partial charge in [0.2, 0.25) is 0 Å². The van der Waals surface area contributed by atoms with E-state index in [1.165, 1.54) is 32.1 Å². The fourth-order valence-corrected chi connectivity index (χ4v) is 1.32. The number of hydrogen-bond acceptors (Lipinski definition) is 1. The number of aliphatic hydroxyl groups is 1. The number of halogens is 1. The van der Waals surface area contributed by atoms with E-state index in [2.05, 4.69) is 29.5 Å². The summed E-state index contributed by atoms with van der Waals surface area (Å²) in [6, 6.07) is 0. The SMILES string of the molecule is CCCCCCC(I)CO. The molecule has 1 atom stereocenters. The van der Waals surface area contributed by atoms with Gasteiger partial charge in [0.1, 0.15) is 0 Å². The normalized spacial score (nSPS) is 13.5. The highest BCUT2D eigenvalue weighted by atomic mass is 127. The van der Waals surface area contributed by atoms with E-state index in [0.29, 0.717) is 10.5 Å². The van der Waals surface area contributed by atoms with Gasteiger partial charge in [0, 0.05) is 3.92 Å². The lowest BCUT2D eigenvalue weighted by Crippen LogP contribution is -2.02. The van der Waals surface area contributed by atoms with Gasteiger partial charge in [-0.25, -0.2) is 0 Å². The molecule has 0 aromatic rings. The van der Waals surface area contributed by atoms with Crippen molar-refractivity contribution in [1.82, 2.24) is 0 Å². The molecule has 62 valence electrons. The van der Waals surface area contributed by atoms with Gasteiger partial charge in [-0.15, -0.1) is 0 Å². The van der Waals surface area contributed by atoms with Crippen LogP contribution in [0.25, 0.3) is 0 Å². The van der Waals surface area contributed by atoms with Gasteiger partial charge < -0.3 is 5.11 Å². The molecule has 0 radical (unpaired) electrons. The second kappa shape index (κ2) is 7.79. The molecule has 2 heteroatoms. The zero-order chi connectivity index (χ0) is 7.82. The van der Waals surface area contributed by atoms with E-state index >= 15 is 0 Å². The van der Waals surface area contributed by atoms with E-state index in [9.17, 15) is 0 Å². The number of hydrogen-bond donors (Lipinski definition) is 1. The van der Waals surface area contributed by atoms with Crippen LogP contribution in [-0.4, -0.2) is 15.6 Å². The zero-order valence-electron chi connectivity index (χ0n) is 6.65. The number of alkyl halides is 1. The smallest absolute Gasteiger partial charge is 0.0548 e. The van der Waals surface area contributed by atoms with E-state index in [0.717, 1.165) is 0 Å². The maximum atomic E-state index is 8.68. The first-order valence-electron chi connectivity index (χ1n) is 4.06. The highest BCUT2D eigenvalue weighted by Gasteiger charge is 1.99. The minimum absolute atomic E-state index is 0.340. The molecular weight excluding hydrogens is 239 g/mol. The molecule has 0 spiro atoms. The average molecular weight is 256 g/mol. The van der Waals surface area contributed by atoms with Crippen molar-refractivity contribution in [3.8, 4) is 0 Å². The van der Waals surface area contributed by atoms with Crippen LogP contribution in [0.3, 0.4) is 0 Å². The van der Waals surface area contributed by atoms with Gasteiger partial charge >= 0.3 is 0 Å². The van der Waals surface area contributed by atoms with Crippen molar-refractivity contribution in [2.75, 3.05) is 6.61 Å². The first-order chi connectivity index (χ1) is 4.81. The van der Waals surface area contributed by atoms with Gasteiger partial charge in [-0.2, -0.15) is 0 Å². The lowest BCUT2D eigenvalue weighted by atomic mass is 10.1. The number of rotatable bonds is 6. The Bertz CT molecular complexity index is 66.3. The van der Waals surface area contributed by atoms with E-state index in [1.807, 2.05) is 0 Å². The van der Waals surface area contributed by atoms with Gasteiger partial charge in [0.25, 0.3) is 0 Å². The summed E-state index contributed by atoms with van der Waals surface area (Å²) in [5, 5.41) is 8.68. The lowest BCUT2D eigenvalue weighted by molar-refractivity contribution is 0.293. The van der Waals surface area contributed by atoms with Gasteiger partial charge in [-0.3, -0.25) is 0 Å². The summed E-state index contributed by atoms with van der Waals surface area (Å²) >= 11 is 2.31. The maximum Gasteiger partial charge on any atom is 0.0548 e. The van der Waals surface area contributed by atoms with Crippen molar-refractivity contribution >= 4 is 22.6 Å². The Morgan fingerprint density at radius 2 is 2.00 bits per heavy atom. The molecule has 0 saturated carbocycles. The summed E-state index contributed by atoms with van der Waals surface area (Å²) in [5.74, 6) is 0. The molecule has 0 rings (SSSR count). The Morgan fingerprint density at radius 3 is 2.50 bits per heavy atom. The predicted molar refractivity (Wildman–Crippen MR) is 53.7 cm³/mol. The molecule has 0 saturated heterocycles. The molecule has 0 amide bonds. The number of unbranched alkanes of at least 4 members (excludes halogenated alkanes) is 3. The summed E-state index contributed by atoms with van der Waals surface area (Å²) in [7, 11) is 0. The molecule has 0 aromatic carbocycles. The average Bonchev–Trinajstić information content (AvgIpc) is 1.98. The van der Waals surface area contributed by atoms with Crippen LogP contribution in [-0.2, 0) is 0 Å². The van der Waals surface area contributed by atoms with Crippen molar-refractivity contribution in [1.29, 1.82) is 0 Å². The number of aliphatic hydroxyl groups excluding tert-OH is 1. The van der Waals surface area contributed by atoms with Gasteiger partial charge in [-0.05, 0) is 6.42 Å². The molecule has 0 aromatic heterocycles. The van der Waals surface area contributed by atoms with E-state index in [1.54, 1.807) is 0 Å². The first-order valence-corrected chi connectivity index (χ1v) is 5.30. The van der Waals surface area contributed by atoms with Gasteiger partial charge in [0.15, 0.2) is 0 Å². The maximum absolute atomic E-state index is 8.68. The second-order valence-electron chi connectivity index (χ2n) is 2.63. The van der Waals surface area contributed by atoms with Crippen LogP contribution < -0.4 is 0 Å². The van der Waals surface area contributed by atoms with Crippen LogP contribution in [0.5, 0.6) is 0 Å². The molecule has 0 aliphatic rings. The molecule has 1 unspecified atom stereocenters. The Hall–Kier alpha value is 0.690. The van der Waals surface area contributed by atoms with Crippen molar-refractivity contribution in [2.45, 2.75) is 43.0 Å². The summed E-state index contributed by atoms with van der Waals surface area (Å²) in [6.45, 7) is 2.56. The highest BCUT2D eigenvalue weighted by molar-refractivity contribution is 14.1. The van der Waals surface area contributed by atoms with Crippen LogP contribution in [0, 0.1) is 0 Å². The largest absolute Gasteiger partial charge is 0.395 e. The molecule has 0 fully saturated rings. The van der Waals surface area contributed by atoms with Crippen LogP contribution >= 0.6 is 22.6 Å². The molecule has 0 aliphatic carbocycles. The molecule has 1 nitrogen and oxygen atoms in total. The van der Waals surface area contributed by atoms with Crippen LogP contribution in [0.15, 0.2) is 0 Å². The molecule has 0 aliphatic heterocycles. The highest BCUT2D eigenvalue weighted by Crippen LogP contribution is 2.11. The third-order valence-electron chi connectivity index (χ3n) is 1.57. The van der Waals surface area contributed by atoms with Crippen LogP contribution in [0.4, 0.5) is 0 Å². The monoisotopic (exact) mass is 256 g/mol. The molecule has 1 N–H and O–H groups in total. The van der Waals surface area contributed by atoms with Crippen LogP contribution in [0.1, 0.15) is 39.0 Å². The third-order valence-corrected chi connectivity index (χ3v) is 2.59.